The van der Waals surface area contributed by atoms with Crippen molar-refractivity contribution in [2.75, 3.05) is 12.4 Å². The number of halogens is 1. The van der Waals surface area contributed by atoms with Crippen molar-refractivity contribution in [3.05, 3.63) is 23.2 Å². The second kappa shape index (κ2) is 8.05. The fourth-order valence-corrected chi connectivity index (χ4v) is 3.90. The topological polar surface area (TPSA) is 81.9 Å². The molecule has 1 saturated carbocycles. The molecule has 0 bridgehead atoms. The first kappa shape index (κ1) is 18.0. The van der Waals surface area contributed by atoms with Crippen molar-refractivity contribution < 1.29 is 9.53 Å². The molecule has 3 rings (SSSR count). The molecule has 1 amide bonds. The van der Waals surface area contributed by atoms with Crippen LogP contribution in [0.5, 0.6) is 5.75 Å². The number of thioether (sulfide) groups is 1. The zero-order valence-corrected chi connectivity index (χ0v) is 15.7. The zero-order valence-electron chi connectivity index (χ0n) is 14.1. The Morgan fingerprint density at radius 1 is 1.44 bits per heavy atom. The van der Waals surface area contributed by atoms with Crippen molar-refractivity contribution in [3.63, 3.8) is 0 Å². The van der Waals surface area contributed by atoms with E-state index in [-0.39, 0.29) is 11.2 Å². The number of hydrogen-bond acceptors (Lipinski definition) is 6. The molecule has 1 atom stereocenters. The Labute approximate surface area is 155 Å². The molecule has 1 heterocycles. The van der Waals surface area contributed by atoms with E-state index >= 15 is 0 Å². The lowest BCUT2D eigenvalue weighted by atomic mass is 10.3. The van der Waals surface area contributed by atoms with Crippen molar-refractivity contribution >= 4 is 35.0 Å². The smallest absolute Gasteiger partial charge is 0.237 e. The van der Waals surface area contributed by atoms with Gasteiger partial charge in [0.15, 0.2) is 0 Å². The highest BCUT2D eigenvalue weighted by molar-refractivity contribution is 8.00. The van der Waals surface area contributed by atoms with Gasteiger partial charge in [-0.2, -0.15) is 0 Å². The average molecular weight is 382 g/mol. The zero-order chi connectivity index (χ0) is 17.8. The van der Waals surface area contributed by atoms with E-state index in [0.29, 0.717) is 27.7 Å². The summed E-state index contributed by atoms with van der Waals surface area (Å²) in [6, 6.07) is 5.43. The van der Waals surface area contributed by atoms with Crippen LogP contribution in [0, 0.1) is 0 Å². The van der Waals surface area contributed by atoms with Crippen LogP contribution in [0.3, 0.4) is 0 Å². The summed E-state index contributed by atoms with van der Waals surface area (Å²) in [5, 5.41) is 15.6. The Kier molecular flexibility index (Phi) is 5.80. The fraction of sp³-hybridized carbons (Fsp3) is 0.500. The van der Waals surface area contributed by atoms with Crippen molar-refractivity contribution in [1.29, 1.82) is 0 Å². The summed E-state index contributed by atoms with van der Waals surface area (Å²) in [7, 11) is 1.55. The number of carbonyl (C=O) groups excluding carboxylic acids is 1. The number of carbonyl (C=O) groups is 1. The second-order valence-corrected chi connectivity index (χ2v) is 7.68. The highest BCUT2D eigenvalue weighted by Crippen LogP contribution is 2.33. The molecule has 0 radical (unpaired) electrons. The van der Waals surface area contributed by atoms with Gasteiger partial charge in [0.05, 0.1) is 24.1 Å². The first-order valence-corrected chi connectivity index (χ1v) is 9.43. The van der Waals surface area contributed by atoms with Gasteiger partial charge in [0.25, 0.3) is 0 Å². The van der Waals surface area contributed by atoms with Crippen molar-refractivity contribution in [2.24, 2.45) is 0 Å². The summed E-state index contributed by atoms with van der Waals surface area (Å²) in [4.78, 5) is 12.5. The molecule has 25 heavy (non-hydrogen) atoms. The van der Waals surface area contributed by atoms with Crippen LogP contribution in [0.25, 0.3) is 0 Å². The minimum atomic E-state index is -0.366. The molecule has 9 heteroatoms. The van der Waals surface area contributed by atoms with E-state index in [1.54, 1.807) is 25.3 Å². The standard InChI is InChI=1S/C16H20ClN5O2S/c1-10(15(23)18-13-9-11(17)7-8-14(13)24-2)25-16-19-20-21-22(16)12-5-3-4-6-12/h7-10,12H,3-6H2,1-2H3,(H,18,23). The quantitative estimate of drug-likeness (QED) is 0.770. The maximum atomic E-state index is 12.5. The van der Waals surface area contributed by atoms with E-state index < -0.39 is 0 Å². The number of tetrazole rings is 1. The molecule has 1 aliphatic rings. The van der Waals surface area contributed by atoms with Gasteiger partial charge < -0.3 is 10.1 Å². The monoisotopic (exact) mass is 381 g/mol. The highest BCUT2D eigenvalue weighted by atomic mass is 35.5. The van der Waals surface area contributed by atoms with Crippen LogP contribution in [0.1, 0.15) is 38.6 Å². The Morgan fingerprint density at radius 2 is 2.20 bits per heavy atom. The molecular weight excluding hydrogens is 362 g/mol. The van der Waals surface area contributed by atoms with Crippen LogP contribution in [0.2, 0.25) is 5.02 Å². The maximum absolute atomic E-state index is 12.5. The summed E-state index contributed by atoms with van der Waals surface area (Å²) in [6.45, 7) is 1.82. The first-order chi connectivity index (χ1) is 12.1. The van der Waals surface area contributed by atoms with E-state index in [9.17, 15) is 4.79 Å². The molecule has 0 saturated heterocycles. The van der Waals surface area contributed by atoms with Gasteiger partial charge in [-0.15, -0.1) is 5.10 Å². The number of nitrogens with one attached hydrogen (secondary N) is 1. The molecule has 0 aliphatic heterocycles. The lowest BCUT2D eigenvalue weighted by Crippen LogP contribution is -2.23. The van der Waals surface area contributed by atoms with Crippen molar-refractivity contribution in [3.8, 4) is 5.75 Å². The summed E-state index contributed by atoms with van der Waals surface area (Å²) < 4.78 is 7.11. The Balaban J connectivity index is 1.68. The molecule has 134 valence electrons. The van der Waals surface area contributed by atoms with Crippen LogP contribution >= 0.6 is 23.4 Å². The molecule has 0 spiro atoms. The van der Waals surface area contributed by atoms with Gasteiger partial charge in [-0.3, -0.25) is 4.79 Å². The molecule has 2 aromatic rings. The number of anilines is 1. The third-order valence-corrected chi connectivity index (χ3v) is 5.49. The van der Waals surface area contributed by atoms with Crippen molar-refractivity contribution in [2.45, 2.75) is 49.1 Å². The number of benzene rings is 1. The molecule has 1 N–H and O–H groups in total. The SMILES string of the molecule is COc1ccc(Cl)cc1NC(=O)C(C)Sc1nnnn1C1CCCC1. The first-order valence-electron chi connectivity index (χ1n) is 8.17. The van der Waals surface area contributed by atoms with Gasteiger partial charge >= 0.3 is 0 Å². The molecule has 7 nitrogen and oxygen atoms in total. The average Bonchev–Trinajstić information content (AvgIpc) is 3.26. The van der Waals surface area contributed by atoms with Crippen LogP contribution in [0.4, 0.5) is 5.69 Å². The van der Waals surface area contributed by atoms with Gasteiger partial charge in [0, 0.05) is 5.02 Å². The minimum Gasteiger partial charge on any atom is -0.495 e. The third-order valence-electron chi connectivity index (χ3n) is 4.20. The van der Waals surface area contributed by atoms with Gasteiger partial charge in [0.2, 0.25) is 11.1 Å². The number of nitrogens with zero attached hydrogens (tertiary/aromatic N) is 4. The van der Waals surface area contributed by atoms with E-state index in [0.717, 1.165) is 12.8 Å². The highest BCUT2D eigenvalue weighted by Gasteiger charge is 2.25. The largest absolute Gasteiger partial charge is 0.495 e. The van der Waals surface area contributed by atoms with E-state index in [2.05, 4.69) is 20.8 Å². The Hall–Kier alpha value is -1.80. The minimum absolute atomic E-state index is 0.161. The summed E-state index contributed by atoms with van der Waals surface area (Å²) >= 11 is 7.35. The van der Waals surface area contributed by atoms with Crippen LogP contribution in [-0.2, 0) is 4.79 Å². The number of hydrogen-bond donors (Lipinski definition) is 1. The molecule has 1 fully saturated rings. The molecule has 1 aromatic carbocycles. The lowest BCUT2D eigenvalue weighted by molar-refractivity contribution is -0.115. The normalized spacial score (nSPS) is 16.0. The molecule has 1 aromatic heterocycles. The number of rotatable bonds is 6. The van der Waals surface area contributed by atoms with E-state index in [1.165, 1.54) is 24.6 Å². The van der Waals surface area contributed by atoms with Gasteiger partial charge in [0.1, 0.15) is 5.75 Å². The lowest BCUT2D eigenvalue weighted by Gasteiger charge is -2.15. The molecule has 1 unspecified atom stereocenters. The van der Waals surface area contributed by atoms with Crippen LogP contribution in [0.15, 0.2) is 23.4 Å². The van der Waals surface area contributed by atoms with Gasteiger partial charge in [-0.1, -0.05) is 36.2 Å². The maximum Gasteiger partial charge on any atom is 0.237 e. The van der Waals surface area contributed by atoms with E-state index in [4.69, 9.17) is 16.3 Å². The fourth-order valence-electron chi connectivity index (χ4n) is 2.86. The number of aromatic nitrogens is 4. The predicted molar refractivity (Wildman–Crippen MR) is 97.3 cm³/mol. The van der Waals surface area contributed by atoms with Crippen LogP contribution in [-0.4, -0.2) is 38.5 Å². The molecular formula is C16H20ClN5O2S. The number of ether oxygens (including phenoxy) is 1. The van der Waals surface area contributed by atoms with Crippen LogP contribution < -0.4 is 10.1 Å². The summed E-state index contributed by atoms with van der Waals surface area (Å²) in [6.07, 6.45) is 4.55. The third kappa shape index (κ3) is 4.24. The Morgan fingerprint density at radius 3 is 2.92 bits per heavy atom. The van der Waals surface area contributed by atoms with E-state index in [1.807, 2.05) is 11.6 Å². The predicted octanol–water partition coefficient (Wildman–Crippen LogP) is 3.57. The Bertz CT molecular complexity index is 748. The molecule has 1 aliphatic carbocycles. The summed E-state index contributed by atoms with van der Waals surface area (Å²) in [5.41, 5.74) is 0.544. The summed E-state index contributed by atoms with van der Waals surface area (Å²) in [5.74, 6) is 0.400. The van der Waals surface area contributed by atoms with Gasteiger partial charge in [-0.25, -0.2) is 4.68 Å². The van der Waals surface area contributed by atoms with Crippen molar-refractivity contribution in [1.82, 2.24) is 20.2 Å². The number of amides is 1. The number of methoxy groups -OCH3 is 1. The second-order valence-electron chi connectivity index (χ2n) is 5.94. The van der Waals surface area contributed by atoms with Gasteiger partial charge in [-0.05, 0) is 48.4 Å².